The second-order valence-electron chi connectivity index (χ2n) is 6.00. The van der Waals surface area contributed by atoms with Crippen molar-refractivity contribution in [2.24, 2.45) is 5.73 Å². The van der Waals surface area contributed by atoms with Crippen LogP contribution in [0.1, 0.15) is 48.6 Å². The third-order valence-electron chi connectivity index (χ3n) is 4.20. The van der Waals surface area contributed by atoms with E-state index in [9.17, 15) is 0 Å². The molecule has 2 aromatic rings. The van der Waals surface area contributed by atoms with Gasteiger partial charge < -0.3 is 10.3 Å². The van der Waals surface area contributed by atoms with Gasteiger partial charge >= 0.3 is 0 Å². The van der Waals surface area contributed by atoms with Crippen molar-refractivity contribution in [2.75, 3.05) is 0 Å². The quantitative estimate of drug-likeness (QED) is 0.886. The molecular weight excluding hydrogens is 330 g/mol. The predicted molar refractivity (Wildman–Crippen MR) is 86.1 cm³/mol. The molecule has 1 aromatic carbocycles. The summed E-state index contributed by atoms with van der Waals surface area (Å²) >= 11 is 3.58. The molecule has 0 saturated heterocycles. The van der Waals surface area contributed by atoms with Crippen molar-refractivity contribution in [1.29, 1.82) is 0 Å². The van der Waals surface area contributed by atoms with Crippen molar-refractivity contribution in [3.8, 4) is 11.4 Å². The van der Waals surface area contributed by atoms with E-state index in [2.05, 4.69) is 52.1 Å². The van der Waals surface area contributed by atoms with Crippen LogP contribution in [-0.4, -0.2) is 16.2 Å². The van der Waals surface area contributed by atoms with Crippen LogP contribution >= 0.6 is 15.9 Å². The summed E-state index contributed by atoms with van der Waals surface area (Å²) < 4.78 is 6.62. The monoisotopic (exact) mass is 349 g/mol. The number of hydrogen-bond donors (Lipinski definition) is 1. The maximum Gasteiger partial charge on any atom is 0.230 e. The van der Waals surface area contributed by atoms with Gasteiger partial charge in [0.15, 0.2) is 0 Å². The lowest BCUT2D eigenvalue weighted by molar-refractivity contribution is 0.299. The lowest BCUT2D eigenvalue weighted by atomic mass is 9.86. The Bertz CT molecular complexity index is 630. The van der Waals surface area contributed by atoms with Crippen molar-refractivity contribution in [2.45, 2.75) is 51.5 Å². The molecular formula is C16H20BrN3O. The Morgan fingerprint density at radius 3 is 2.62 bits per heavy atom. The molecule has 3 rings (SSSR count). The zero-order valence-corrected chi connectivity index (χ0v) is 14.0. The van der Waals surface area contributed by atoms with E-state index in [4.69, 9.17) is 10.3 Å². The molecule has 0 aliphatic heterocycles. The second-order valence-corrected chi connectivity index (χ2v) is 6.80. The van der Waals surface area contributed by atoms with Gasteiger partial charge in [-0.05, 0) is 56.4 Å². The van der Waals surface area contributed by atoms with Gasteiger partial charge in [0.1, 0.15) is 0 Å². The van der Waals surface area contributed by atoms with E-state index < -0.39 is 0 Å². The number of aromatic nitrogens is 2. The smallest absolute Gasteiger partial charge is 0.230 e. The molecule has 1 heterocycles. The van der Waals surface area contributed by atoms with E-state index in [0.717, 1.165) is 41.6 Å². The highest BCUT2D eigenvalue weighted by molar-refractivity contribution is 9.10. The molecule has 2 N–H and O–H groups in total. The molecule has 5 heteroatoms. The van der Waals surface area contributed by atoms with Crippen LogP contribution in [0.5, 0.6) is 0 Å². The molecule has 1 fully saturated rings. The van der Waals surface area contributed by atoms with Gasteiger partial charge in [0, 0.05) is 22.0 Å². The predicted octanol–water partition coefficient (Wildman–Crippen LogP) is 4.10. The van der Waals surface area contributed by atoms with Crippen LogP contribution in [0.25, 0.3) is 11.4 Å². The number of benzene rings is 1. The van der Waals surface area contributed by atoms with Crippen LogP contribution in [0.3, 0.4) is 0 Å². The minimum Gasteiger partial charge on any atom is -0.339 e. The van der Waals surface area contributed by atoms with Gasteiger partial charge in [-0.1, -0.05) is 27.5 Å². The maximum absolute atomic E-state index is 6.04. The van der Waals surface area contributed by atoms with Crippen molar-refractivity contribution in [3.63, 3.8) is 0 Å². The first-order valence-electron chi connectivity index (χ1n) is 7.41. The molecule has 4 nitrogen and oxygen atoms in total. The SMILES string of the molecule is Cc1cc(-c2noc(C3CCCC(N)C3)n2)cc(C)c1Br. The Hall–Kier alpha value is -1.20. The summed E-state index contributed by atoms with van der Waals surface area (Å²) in [6.45, 7) is 4.14. The van der Waals surface area contributed by atoms with Crippen LogP contribution in [0, 0.1) is 13.8 Å². The number of hydrogen-bond acceptors (Lipinski definition) is 4. The highest BCUT2D eigenvalue weighted by Gasteiger charge is 2.25. The van der Waals surface area contributed by atoms with Crippen molar-refractivity contribution < 1.29 is 4.52 Å². The maximum atomic E-state index is 6.04. The number of nitrogens with zero attached hydrogens (tertiary/aromatic N) is 2. The number of rotatable bonds is 2. The molecule has 2 atom stereocenters. The van der Waals surface area contributed by atoms with Crippen LogP contribution < -0.4 is 5.73 Å². The van der Waals surface area contributed by atoms with Crippen LogP contribution in [0.2, 0.25) is 0 Å². The van der Waals surface area contributed by atoms with E-state index >= 15 is 0 Å². The highest BCUT2D eigenvalue weighted by Crippen LogP contribution is 2.33. The van der Waals surface area contributed by atoms with Gasteiger partial charge in [-0.2, -0.15) is 4.98 Å². The van der Waals surface area contributed by atoms with Gasteiger partial charge in [-0.3, -0.25) is 0 Å². The van der Waals surface area contributed by atoms with E-state index in [1.807, 2.05) is 0 Å². The largest absolute Gasteiger partial charge is 0.339 e. The molecule has 1 aliphatic rings. The highest BCUT2D eigenvalue weighted by atomic mass is 79.9. The Morgan fingerprint density at radius 1 is 1.24 bits per heavy atom. The normalized spacial score (nSPS) is 22.5. The zero-order chi connectivity index (χ0) is 15.0. The average Bonchev–Trinajstić information content (AvgIpc) is 2.94. The van der Waals surface area contributed by atoms with E-state index in [0.29, 0.717) is 11.7 Å². The van der Waals surface area contributed by atoms with Gasteiger partial charge in [0.25, 0.3) is 0 Å². The first-order valence-corrected chi connectivity index (χ1v) is 8.20. The van der Waals surface area contributed by atoms with Crippen molar-refractivity contribution >= 4 is 15.9 Å². The molecule has 0 radical (unpaired) electrons. The Kier molecular flexibility index (Phi) is 4.13. The fraction of sp³-hybridized carbons (Fsp3) is 0.500. The standard InChI is InChI=1S/C16H20BrN3O/c1-9-6-12(7-10(2)14(9)17)15-19-16(21-20-15)11-4-3-5-13(18)8-11/h6-7,11,13H,3-5,8,18H2,1-2H3. The summed E-state index contributed by atoms with van der Waals surface area (Å²) in [5, 5.41) is 4.16. The van der Waals surface area contributed by atoms with Gasteiger partial charge in [-0.15, -0.1) is 0 Å². The molecule has 1 aliphatic carbocycles. The third-order valence-corrected chi connectivity index (χ3v) is 5.45. The number of aryl methyl sites for hydroxylation is 2. The van der Waals surface area contributed by atoms with Crippen molar-refractivity contribution in [1.82, 2.24) is 10.1 Å². The van der Waals surface area contributed by atoms with Crippen LogP contribution in [-0.2, 0) is 0 Å². The average molecular weight is 350 g/mol. The summed E-state index contributed by atoms with van der Waals surface area (Å²) in [6.07, 6.45) is 4.27. The van der Waals surface area contributed by atoms with Gasteiger partial charge in [0.2, 0.25) is 11.7 Å². The Morgan fingerprint density at radius 2 is 1.95 bits per heavy atom. The fourth-order valence-electron chi connectivity index (χ4n) is 3.05. The summed E-state index contributed by atoms with van der Waals surface area (Å²) in [6, 6.07) is 4.42. The Labute approximate surface area is 133 Å². The lowest BCUT2D eigenvalue weighted by Gasteiger charge is -2.23. The molecule has 0 bridgehead atoms. The van der Waals surface area contributed by atoms with Crippen LogP contribution in [0.15, 0.2) is 21.1 Å². The molecule has 1 aromatic heterocycles. The topological polar surface area (TPSA) is 64.9 Å². The van der Waals surface area contributed by atoms with Gasteiger partial charge in [0.05, 0.1) is 0 Å². The molecule has 2 unspecified atom stereocenters. The minimum absolute atomic E-state index is 0.260. The number of halogens is 1. The van der Waals surface area contributed by atoms with E-state index in [1.165, 1.54) is 11.1 Å². The summed E-state index contributed by atoms with van der Waals surface area (Å²) in [5.74, 6) is 1.72. The zero-order valence-electron chi connectivity index (χ0n) is 12.4. The van der Waals surface area contributed by atoms with Crippen LogP contribution in [0.4, 0.5) is 0 Å². The first kappa shape index (κ1) is 14.7. The van der Waals surface area contributed by atoms with Crippen molar-refractivity contribution in [3.05, 3.63) is 33.6 Å². The summed E-state index contributed by atoms with van der Waals surface area (Å²) in [4.78, 5) is 4.60. The fourth-order valence-corrected chi connectivity index (χ4v) is 3.27. The summed E-state index contributed by atoms with van der Waals surface area (Å²) in [7, 11) is 0. The number of nitrogens with two attached hydrogens (primary N) is 1. The van der Waals surface area contributed by atoms with E-state index in [1.54, 1.807) is 0 Å². The summed E-state index contributed by atoms with van der Waals surface area (Å²) in [5.41, 5.74) is 9.40. The van der Waals surface area contributed by atoms with E-state index in [-0.39, 0.29) is 6.04 Å². The van der Waals surface area contributed by atoms with Gasteiger partial charge in [-0.25, -0.2) is 0 Å². The Balaban J connectivity index is 1.88. The molecule has 112 valence electrons. The minimum atomic E-state index is 0.260. The lowest BCUT2D eigenvalue weighted by Crippen LogP contribution is -2.26. The first-order chi connectivity index (χ1) is 10.0. The third kappa shape index (κ3) is 3.04. The molecule has 1 saturated carbocycles. The molecule has 0 amide bonds. The molecule has 0 spiro atoms. The second kappa shape index (κ2) is 5.89. The molecule has 21 heavy (non-hydrogen) atoms.